The lowest BCUT2D eigenvalue weighted by Gasteiger charge is -2.14. The Bertz CT molecular complexity index is 870. The molecule has 2 aromatic carbocycles. The standard InChI is InChI=1S/C14H10Cl2F3NO3S/c1-23-13-11(6-5-10(15)12(13)16)24(21,22)20-9-4-2-3-8(7-9)14(17,18)19/h2-7,20H,1H3. The first-order valence-corrected chi connectivity index (χ1v) is 8.52. The molecule has 0 radical (unpaired) electrons. The molecule has 0 fully saturated rings. The first-order chi connectivity index (χ1) is 11.1. The van der Waals surface area contributed by atoms with Crippen molar-refractivity contribution in [2.75, 3.05) is 11.8 Å². The monoisotopic (exact) mass is 399 g/mol. The van der Waals surface area contributed by atoms with Crippen LogP contribution >= 0.6 is 23.2 Å². The molecule has 1 N–H and O–H groups in total. The Kier molecular flexibility index (Phi) is 5.22. The third-order valence-electron chi connectivity index (χ3n) is 2.95. The van der Waals surface area contributed by atoms with Crippen LogP contribution in [0.3, 0.4) is 0 Å². The van der Waals surface area contributed by atoms with Crippen molar-refractivity contribution in [1.29, 1.82) is 0 Å². The fourth-order valence-corrected chi connectivity index (χ4v) is 3.56. The number of ether oxygens (including phenoxy) is 1. The lowest BCUT2D eigenvalue weighted by molar-refractivity contribution is -0.137. The van der Waals surface area contributed by atoms with E-state index in [1.165, 1.54) is 19.2 Å². The Hall–Kier alpha value is -1.64. The van der Waals surface area contributed by atoms with E-state index in [1.807, 2.05) is 0 Å². The lowest BCUT2D eigenvalue weighted by atomic mass is 10.2. The minimum Gasteiger partial charge on any atom is -0.494 e. The summed E-state index contributed by atoms with van der Waals surface area (Å²) in [6.07, 6.45) is -4.59. The Morgan fingerprint density at radius 2 is 1.79 bits per heavy atom. The van der Waals surface area contributed by atoms with Crippen LogP contribution in [0.15, 0.2) is 41.3 Å². The zero-order valence-corrected chi connectivity index (χ0v) is 14.3. The quantitative estimate of drug-likeness (QED) is 0.801. The highest BCUT2D eigenvalue weighted by molar-refractivity contribution is 7.92. The predicted molar refractivity (Wildman–Crippen MR) is 85.3 cm³/mol. The topological polar surface area (TPSA) is 55.4 Å². The summed E-state index contributed by atoms with van der Waals surface area (Å²) in [7, 11) is -3.05. The zero-order valence-electron chi connectivity index (χ0n) is 12.0. The second-order valence-corrected chi connectivity index (χ2v) is 7.01. The van der Waals surface area contributed by atoms with Crippen LogP contribution in [0.2, 0.25) is 10.0 Å². The van der Waals surface area contributed by atoms with Gasteiger partial charge in [-0.25, -0.2) is 8.42 Å². The van der Waals surface area contributed by atoms with E-state index < -0.39 is 21.8 Å². The molecule has 24 heavy (non-hydrogen) atoms. The van der Waals surface area contributed by atoms with Gasteiger partial charge in [-0.15, -0.1) is 0 Å². The van der Waals surface area contributed by atoms with Crippen LogP contribution in [0.5, 0.6) is 5.75 Å². The van der Waals surface area contributed by atoms with Crippen molar-refractivity contribution < 1.29 is 26.3 Å². The molecule has 0 saturated heterocycles. The maximum atomic E-state index is 12.7. The Morgan fingerprint density at radius 1 is 1.12 bits per heavy atom. The number of rotatable bonds is 4. The number of hydrogen-bond acceptors (Lipinski definition) is 3. The number of hydrogen-bond donors (Lipinski definition) is 1. The van der Waals surface area contributed by atoms with E-state index in [4.69, 9.17) is 27.9 Å². The minimum atomic E-state index is -4.59. The second-order valence-electron chi connectivity index (χ2n) is 4.58. The Balaban J connectivity index is 2.45. The second kappa shape index (κ2) is 6.70. The summed E-state index contributed by atoms with van der Waals surface area (Å²) < 4.78 is 70.0. The summed E-state index contributed by atoms with van der Waals surface area (Å²) in [4.78, 5) is -0.350. The summed E-state index contributed by atoms with van der Waals surface area (Å²) in [6.45, 7) is 0. The molecule has 0 aromatic heterocycles. The van der Waals surface area contributed by atoms with E-state index >= 15 is 0 Å². The third-order valence-corrected chi connectivity index (χ3v) is 5.14. The van der Waals surface area contributed by atoms with Gasteiger partial charge in [-0.2, -0.15) is 13.2 Å². The van der Waals surface area contributed by atoms with Gasteiger partial charge in [0.15, 0.2) is 5.75 Å². The number of alkyl halides is 3. The average Bonchev–Trinajstić information content (AvgIpc) is 2.48. The van der Waals surface area contributed by atoms with Crippen molar-refractivity contribution in [2.45, 2.75) is 11.1 Å². The van der Waals surface area contributed by atoms with Crippen LogP contribution in [-0.2, 0) is 16.2 Å². The molecule has 10 heteroatoms. The van der Waals surface area contributed by atoms with Gasteiger partial charge in [0.2, 0.25) is 0 Å². The lowest BCUT2D eigenvalue weighted by Crippen LogP contribution is -2.15. The van der Waals surface area contributed by atoms with Crippen LogP contribution < -0.4 is 9.46 Å². The molecule has 0 aliphatic carbocycles. The number of anilines is 1. The van der Waals surface area contributed by atoms with Gasteiger partial charge in [-0.3, -0.25) is 4.72 Å². The van der Waals surface area contributed by atoms with Gasteiger partial charge < -0.3 is 4.74 Å². The van der Waals surface area contributed by atoms with E-state index in [9.17, 15) is 21.6 Å². The highest BCUT2D eigenvalue weighted by atomic mass is 35.5. The molecular formula is C14H10Cl2F3NO3S. The van der Waals surface area contributed by atoms with Gasteiger partial charge in [0.1, 0.15) is 9.92 Å². The van der Waals surface area contributed by atoms with Crippen molar-refractivity contribution in [3.63, 3.8) is 0 Å². The number of halogens is 5. The summed E-state index contributed by atoms with van der Waals surface area (Å²) in [5.74, 6) is -0.205. The van der Waals surface area contributed by atoms with Gasteiger partial charge in [-0.1, -0.05) is 29.3 Å². The normalized spacial score (nSPS) is 12.1. The summed E-state index contributed by atoms with van der Waals surface area (Å²) >= 11 is 11.7. The van der Waals surface area contributed by atoms with Crippen molar-refractivity contribution >= 4 is 38.9 Å². The van der Waals surface area contributed by atoms with Crippen molar-refractivity contribution in [3.8, 4) is 5.75 Å². The largest absolute Gasteiger partial charge is 0.494 e. The molecule has 2 rings (SSSR count). The van der Waals surface area contributed by atoms with Crippen molar-refractivity contribution in [1.82, 2.24) is 0 Å². The maximum Gasteiger partial charge on any atom is 0.416 e. The molecule has 0 aliphatic heterocycles. The first-order valence-electron chi connectivity index (χ1n) is 6.28. The third kappa shape index (κ3) is 3.88. The van der Waals surface area contributed by atoms with Crippen molar-refractivity contribution in [2.24, 2.45) is 0 Å². The van der Waals surface area contributed by atoms with Crippen LogP contribution in [0.25, 0.3) is 0 Å². The van der Waals surface area contributed by atoms with Crippen LogP contribution in [-0.4, -0.2) is 15.5 Å². The number of methoxy groups -OCH3 is 1. The van der Waals surface area contributed by atoms with E-state index in [-0.39, 0.29) is 26.4 Å². The fraction of sp³-hybridized carbons (Fsp3) is 0.143. The molecule has 0 bridgehead atoms. The molecule has 0 amide bonds. The summed E-state index contributed by atoms with van der Waals surface area (Å²) in [5, 5.41) is -0.0439. The molecule has 0 unspecified atom stereocenters. The molecule has 0 saturated carbocycles. The summed E-state index contributed by atoms with van der Waals surface area (Å²) in [5.41, 5.74) is -1.23. The molecule has 0 aliphatic rings. The van der Waals surface area contributed by atoms with E-state index in [2.05, 4.69) is 4.72 Å². The van der Waals surface area contributed by atoms with E-state index in [0.717, 1.165) is 18.2 Å². The smallest absolute Gasteiger partial charge is 0.416 e. The SMILES string of the molecule is COc1c(S(=O)(=O)Nc2cccc(C(F)(F)F)c2)ccc(Cl)c1Cl. The van der Waals surface area contributed by atoms with Crippen LogP contribution in [0, 0.1) is 0 Å². The van der Waals surface area contributed by atoms with Gasteiger partial charge >= 0.3 is 6.18 Å². The average molecular weight is 400 g/mol. The van der Waals surface area contributed by atoms with Crippen LogP contribution in [0.1, 0.15) is 5.56 Å². The fourth-order valence-electron chi connectivity index (χ4n) is 1.89. The van der Waals surface area contributed by atoms with Gasteiger partial charge in [0, 0.05) is 5.69 Å². The predicted octanol–water partition coefficient (Wildman–Crippen LogP) is 4.82. The molecule has 0 atom stereocenters. The first kappa shape index (κ1) is 18.7. The van der Waals surface area contributed by atoms with E-state index in [1.54, 1.807) is 0 Å². The minimum absolute atomic E-state index is 0.0755. The molecule has 4 nitrogen and oxygen atoms in total. The highest BCUT2D eigenvalue weighted by Crippen LogP contribution is 2.38. The number of benzene rings is 2. The van der Waals surface area contributed by atoms with E-state index in [0.29, 0.717) is 6.07 Å². The van der Waals surface area contributed by atoms with Crippen LogP contribution in [0.4, 0.5) is 18.9 Å². The number of nitrogens with one attached hydrogen (secondary N) is 1. The Morgan fingerprint density at radius 3 is 2.38 bits per heavy atom. The molecule has 0 spiro atoms. The maximum absolute atomic E-state index is 12.7. The zero-order chi connectivity index (χ0) is 18.1. The van der Waals surface area contributed by atoms with Gasteiger partial charge in [0.25, 0.3) is 10.0 Å². The van der Waals surface area contributed by atoms with Gasteiger partial charge in [0.05, 0.1) is 17.7 Å². The molecular weight excluding hydrogens is 390 g/mol. The van der Waals surface area contributed by atoms with Crippen molar-refractivity contribution in [3.05, 3.63) is 52.0 Å². The molecule has 2 aromatic rings. The van der Waals surface area contributed by atoms with Gasteiger partial charge in [-0.05, 0) is 30.3 Å². The highest BCUT2D eigenvalue weighted by Gasteiger charge is 2.31. The molecule has 130 valence electrons. The molecule has 0 heterocycles. The number of sulfonamides is 1. The summed E-state index contributed by atoms with van der Waals surface area (Å²) in [6, 6.07) is 6.18. The Labute approximate surface area is 146 Å².